The number of rotatable bonds is 3. The van der Waals surface area contributed by atoms with Crippen molar-refractivity contribution >= 4 is 5.95 Å². The summed E-state index contributed by atoms with van der Waals surface area (Å²) in [4.78, 5) is 11.1. The monoisotopic (exact) mass is 271 g/mol. The van der Waals surface area contributed by atoms with Gasteiger partial charge in [-0.3, -0.25) is 0 Å². The van der Waals surface area contributed by atoms with Crippen molar-refractivity contribution < 1.29 is 0 Å². The number of hydrogen-bond donors (Lipinski definition) is 1. The van der Waals surface area contributed by atoms with E-state index >= 15 is 0 Å². The summed E-state index contributed by atoms with van der Waals surface area (Å²) in [5.74, 6) is 1.28. The molecule has 106 valence electrons. The molecule has 3 heterocycles. The highest BCUT2D eigenvalue weighted by Gasteiger charge is 2.38. The Bertz CT molecular complexity index is 522. The molecule has 20 heavy (non-hydrogen) atoms. The Kier molecular flexibility index (Phi) is 3.58. The van der Waals surface area contributed by atoms with E-state index < -0.39 is 0 Å². The van der Waals surface area contributed by atoms with Crippen LogP contribution in [-0.2, 0) is 0 Å². The number of nitriles is 1. The average Bonchev–Trinajstić information content (AvgIpc) is 2.66. The summed E-state index contributed by atoms with van der Waals surface area (Å²) < 4.78 is 0. The van der Waals surface area contributed by atoms with E-state index in [0.29, 0.717) is 17.6 Å². The molecule has 0 amide bonds. The Morgan fingerprint density at radius 1 is 1.35 bits per heavy atom. The van der Waals surface area contributed by atoms with E-state index in [1.165, 1.54) is 25.7 Å². The predicted octanol–water partition coefficient (Wildman–Crippen LogP) is 1.94. The average molecular weight is 271 g/mol. The van der Waals surface area contributed by atoms with Crippen molar-refractivity contribution in [3.05, 3.63) is 17.5 Å². The van der Waals surface area contributed by atoms with Gasteiger partial charge in [-0.1, -0.05) is 0 Å². The molecule has 2 bridgehead atoms. The molecule has 0 aromatic carbocycles. The molecule has 2 unspecified atom stereocenters. The van der Waals surface area contributed by atoms with Crippen LogP contribution in [0.15, 0.2) is 6.07 Å². The lowest BCUT2D eigenvalue weighted by Crippen LogP contribution is -2.41. The van der Waals surface area contributed by atoms with Crippen LogP contribution in [-0.4, -0.2) is 40.5 Å². The van der Waals surface area contributed by atoms with E-state index in [-0.39, 0.29) is 0 Å². The Balaban J connectivity index is 1.60. The first kappa shape index (κ1) is 13.3. The van der Waals surface area contributed by atoms with Crippen molar-refractivity contribution in [3.63, 3.8) is 0 Å². The number of aromatic nitrogens is 2. The molecule has 2 saturated heterocycles. The molecule has 5 nitrogen and oxygen atoms in total. The predicted molar refractivity (Wildman–Crippen MR) is 77.3 cm³/mol. The van der Waals surface area contributed by atoms with Crippen LogP contribution in [0, 0.1) is 24.2 Å². The molecule has 1 aromatic heterocycles. The highest BCUT2D eigenvalue weighted by atomic mass is 15.2. The van der Waals surface area contributed by atoms with Crippen LogP contribution in [0.5, 0.6) is 0 Å². The first-order chi connectivity index (χ1) is 9.65. The zero-order valence-corrected chi connectivity index (χ0v) is 12.1. The van der Waals surface area contributed by atoms with Crippen molar-refractivity contribution in [1.29, 1.82) is 5.26 Å². The second-order valence-electron chi connectivity index (χ2n) is 6.10. The van der Waals surface area contributed by atoms with Crippen molar-refractivity contribution in [1.82, 2.24) is 14.9 Å². The van der Waals surface area contributed by atoms with Gasteiger partial charge in [-0.05, 0) is 51.6 Å². The number of nitrogens with one attached hydrogen (secondary N) is 1. The first-order valence-corrected chi connectivity index (χ1v) is 7.37. The zero-order chi connectivity index (χ0) is 14.1. The van der Waals surface area contributed by atoms with Gasteiger partial charge >= 0.3 is 0 Å². The molecule has 2 aliphatic heterocycles. The molecule has 3 rings (SSSR count). The van der Waals surface area contributed by atoms with Gasteiger partial charge in [0.2, 0.25) is 5.95 Å². The summed E-state index contributed by atoms with van der Waals surface area (Å²) in [5, 5.41) is 12.3. The Labute approximate surface area is 120 Å². The Morgan fingerprint density at radius 3 is 2.70 bits per heavy atom. The van der Waals surface area contributed by atoms with Crippen molar-refractivity contribution in [2.24, 2.45) is 5.92 Å². The van der Waals surface area contributed by atoms with Gasteiger partial charge in [0, 0.05) is 24.3 Å². The van der Waals surface area contributed by atoms with Crippen LogP contribution in [0.25, 0.3) is 0 Å². The maximum atomic E-state index is 8.94. The standard InChI is InChI=1S/C15H21N5/c1-10-5-12(8-16)19-15(18-10)17-9-11-6-13-3-4-14(7-11)20(13)2/h5,11,13-14H,3-4,6-7,9H2,1-2H3,(H,17,18,19). The zero-order valence-electron chi connectivity index (χ0n) is 12.1. The van der Waals surface area contributed by atoms with E-state index in [1.54, 1.807) is 6.07 Å². The Hall–Kier alpha value is -1.67. The minimum absolute atomic E-state index is 0.434. The van der Waals surface area contributed by atoms with Gasteiger partial charge in [-0.2, -0.15) is 5.26 Å². The van der Waals surface area contributed by atoms with E-state index in [2.05, 4.69) is 33.3 Å². The SMILES string of the molecule is Cc1cc(C#N)nc(NCC2CC3CCC(C2)N3C)n1. The van der Waals surface area contributed by atoms with Crippen LogP contribution >= 0.6 is 0 Å². The smallest absolute Gasteiger partial charge is 0.224 e. The quantitative estimate of drug-likeness (QED) is 0.910. The van der Waals surface area contributed by atoms with E-state index in [9.17, 15) is 0 Å². The molecule has 1 aromatic rings. The fourth-order valence-corrected chi connectivity index (χ4v) is 3.63. The largest absolute Gasteiger partial charge is 0.354 e. The molecule has 2 fully saturated rings. The molecule has 2 aliphatic rings. The summed E-state index contributed by atoms with van der Waals surface area (Å²) in [5.41, 5.74) is 1.27. The number of piperidine rings is 1. The summed E-state index contributed by atoms with van der Waals surface area (Å²) >= 11 is 0. The first-order valence-electron chi connectivity index (χ1n) is 7.37. The highest BCUT2D eigenvalue weighted by Crippen LogP contribution is 2.37. The normalized spacial score (nSPS) is 29.1. The molecule has 2 atom stereocenters. The summed E-state index contributed by atoms with van der Waals surface area (Å²) in [7, 11) is 2.26. The molecule has 0 radical (unpaired) electrons. The number of nitrogens with zero attached hydrogens (tertiary/aromatic N) is 4. The molecular weight excluding hydrogens is 250 g/mol. The Morgan fingerprint density at radius 2 is 2.05 bits per heavy atom. The third-order valence-electron chi connectivity index (χ3n) is 4.71. The molecule has 0 saturated carbocycles. The van der Waals surface area contributed by atoms with Crippen LogP contribution in [0.1, 0.15) is 37.1 Å². The van der Waals surface area contributed by atoms with E-state index in [1.807, 2.05) is 6.92 Å². The fraction of sp³-hybridized carbons (Fsp3) is 0.667. The van der Waals surface area contributed by atoms with E-state index in [4.69, 9.17) is 5.26 Å². The highest BCUT2D eigenvalue weighted by molar-refractivity contribution is 5.33. The second kappa shape index (κ2) is 5.37. The van der Waals surface area contributed by atoms with Gasteiger partial charge in [0.05, 0.1) is 0 Å². The van der Waals surface area contributed by atoms with Crippen LogP contribution in [0.4, 0.5) is 5.95 Å². The summed E-state index contributed by atoms with van der Waals surface area (Å²) in [6.07, 6.45) is 5.21. The van der Waals surface area contributed by atoms with E-state index in [0.717, 1.165) is 24.3 Å². The van der Waals surface area contributed by atoms with Crippen LogP contribution in [0.2, 0.25) is 0 Å². The van der Waals surface area contributed by atoms with Gasteiger partial charge in [0.15, 0.2) is 0 Å². The van der Waals surface area contributed by atoms with Crippen molar-refractivity contribution in [2.75, 3.05) is 18.9 Å². The third-order valence-corrected chi connectivity index (χ3v) is 4.71. The molecule has 1 N–H and O–H groups in total. The minimum Gasteiger partial charge on any atom is -0.354 e. The maximum absolute atomic E-state index is 8.94. The van der Waals surface area contributed by atoms with Gasteiger partial charge in [-0.15, -0.1) is 0 Å². The number of hydrogen-bond acceptors (Lipinski definition) is 5. The van der Waals surface area contributed by atoms with Gasteiger partial charge < -0.3 is 10.2 Å². The van der Waals surface area contributed by atoms with Gasteiger partial charge in [-0.25, -0.2) is 9.97 Å². The fourth-order valence-electron chi connectivity index (χ4n) is 3.63. The number of fused-ring (bicyclic) bond motifs is 2. The lowest BCUT2D eigenvalue weighted by atomic mass is 9.91. The molecule has 0 aliphatic carbocycles. The maximum Gasteiger partial charge on any atom is 0.224 e. The van der Waals surface area contributed by atoms with Crippen molar-refractivity contribution in [2.45, 2.75) is 44.7 Å². The number of anilines is 1. The molecule has 0 spiro atoms. The summed E-state index contributed by atoms with van der Waals surface area (Å²) in [6.45, 7) is 2.80. The van der Waals surface area contributed by atoms with Gasteiger partial charge in [0.25, 0.3) is 0 Å². The van der Waals surface area contributed by atoms with Crippen LogP contribution < -0.4 is 5.32 Å². The number of aryl methyl sites for hydroxylation is 1. The lowest BCUT2D eigenvalue weighted by molar-refractivity contribution is 0.139. The van der Waals surface area contributed by atoms with Gasteiger partial charge in [0.1, 0.15) is 11.8 Å². The lowest BCUT2D eigenvalue weighted by Gasteiger charge is -2.36. The summed E-state index contributed by atoms with van der Waals surface area (Å²) in [6, 6.07) is 5.30. The molecule has 5 heteroatoms. The molecular formula is C15H21N5. The third kappa shape index (κ3) is 2.61. The second-order valence-corrected chi connectivity index (χ2v) is 6.10. The van der Waals surface area contributed by atoms with Crippen LogP contribution in [0.3, 0.4) is 0 Å². The van der Waals surface area contributed by atoms with Crippen molar-refractivity contribution in [3.8, 4) is 6.07 Å². The topological polar surface area (TPSA) is 64.8 Å². The minimum atomic E-state index is 0.434.